The molecule has 0 bridgehead atoms. The molecule has 0 aromatic heterocycles. The van der Waals surface area contributed by atoms with Gasteiger partial charge in [0, 0.05) is 12.5 Å². The van der Waals surface area contributed by atoms with E-state index in [1.807, 2.05) is 0 Å². The van der Waals surface area contributed by atoms with Crippen LogP contribution in [0.15, 0.2) is 0 Å². The molecule has 11 heavy (non-hydrogen) atoms. The predicted octanol–water partition coefficient (Wildman–Crippen LogP) is -0.619. The maximum atomic E-state index is 11.0. The molecule has 4 heteroatoms. The highest BCUT2D eigenvalue weighted by atomic mass is 16.5. The molecule has 1 fully saturated rings. The molecule has 0 aliphatic carbocycles. The first-order chi connectivity index (χ1) is 5.29. The molecule has 0 aromatic carbocycles. The van der Waals surface area contributed by atoms with Crippen molar-refractivity contribution in [3.63, 3.8) is 0 Å². The Kier molecular flexibility index (Phi) is 2.84. The molecule has 0 spiro atoms. The van der Waals surface area contributed by atoms with Gasteiger partial charge in [0.15, 0.2) is 0 Å². The van der Waals surface area contributed by atoms with Gasteiger partial charge in [0.1, 0.15) is 0 Å². The minimum atomic E-state index is -0.221. The summed E-state index contributed by atoms with van der Waals surface area (Å²) in [4.78, 5) is 11.0. The third-order valence-corrected chi connectivity index (χ3v) is 1.99. The number of esters is 1. The van der Waals surface area contributed by atoms with E-state index in [4.69, 9.17) is 10.5 Å². The van der Waals surface area contributed by atoms with Gasteiger partial charge < -0.3 is 15.2 Å². The number of carbonyl (C=O) groups is 1. The Morgan fingerprint density at radius 2 is 2.45 bits per heavy atom. The van der Waals surface area contributed by atoms with Crippen LogP contribution in [-0.2, 0) is 14.3 Å². The van der Waals surface area contributed by atoms with Crippen molar-refractivity contribution in [3.05, 3.63) is 0 Å². The van der Waals surface area contributed by atoms with Crippen molar-refractivity contribution in [1.82, 2.24) is 0 Å². The van der Waals surface area contributed by atoms with E-state index < -0.39 is 0 Å². The lowest BCUT2D eigenvalue weighted by Crippen LogP contribution is -2.42. The smallest absolute Gasteiger partial charge is 0.310 e. The minimum Gasteiger partial charge on any atom is -0.469 e. The quantitative estimate of drug-likeness (QED) is 0.557. The molecular formula is C7H13NO3. The van der Waals surface area contributed by atoms with Crippen LogP contribution in [0.3, 0.4) is 0 Å². The summed E-state index contributed by atoms with van der Waals surface area (Å²) in [7, 11) is 1.38. The van der Waals surface area contributed by atoms with E-state index in [9.17, 15) is 4.79 Å². The van der Waals surface area contributed by atoms with Gasteiger partial charge in [-0.1, -0.05) is 0 Å². The number of ether oxygens (including phenoxy) is 2. The molecule has 0 saturated carbocycles. The van der Waals surface area contributed by atoms with Crippen LogP contribution in [0.25, 0.3) is 0 Å². The van der Waals surface area contributed by atoms with Crippen molar-refractivity contribution in [3.8, 4) is 0 Å². The average molecular weight is 159 g/mol. The standard InChI is InChI=1S/C7H13NO3/c1-10-7(9)6(2-8)5-3-11-4-5/h5-6H,2-4,8H2,1H3. The number of hydrogen-bond donors (Lipinski definition) is 1. The second-order valence-electron chi connectivity index (χ2n) is 2.66. The van der Waals surface area contributed by atoms with Gasteiger partial charge in [-0.05, 0) is 0 Å². The zero-order valence-corrected chi connectivity index (χ0v) is 6.58. The van der Waals surface area contributed by atoms with Crippen molar-refractivity contribution in [1.29, 1.82) is 0 Å². The van der Waals surface area contributed by atoms with E-state index in [0.29, 0.717) is 19.8 Å². The average Bonchev–Trinajstić information content (AvgIpc) is 1.94. The normalized spacial score (nSPS) is 20.5. The van der Waals surface area contributed by atoms with Crippen LogP contribution in [0, 0.1) is 11.8 Å². The molecule has 1 aliphatic rings. The summed E-state index contributed by atoms with van der Waals surface area (Å²) in [5.41, 5.74) is 5.40. The Bertz CT molecular complexity index is 145. The van der Waals surface area contributed by atoms with Gasteiger partial charge in [-0.3, -0.25) is 4.79 Å². The van der Waals surface area contributed by atoms with Crippen LogP contribution in [-0.4, -0.2) is 32.8 Å². The van der Waals surface area contributed by atoms with E-state index in [1.54, 1.807) is 0 Å². The first-order valence-electron chi connectivity index (χ1n) is 3.65. The maximum Gasteiger partial charge on any atom is 0.310 e. The largest absolute Gasteiger partial charge is 0.469 e. The van der Waals surface area contributed by atoms with Crippen LogP contribution < -0.4 is 5.73 Å². The van der Waals surface area contributed by atoms with Crippen molar-refractivity contribution in [2.24, 2.45) is 17.6 Å². The molecule has 0 aromatic rings. The molecule has 1 atom stereocenters. The summed E-state index contributed by atoms with van der Waals surface area (Å²) in [5.74, 6) is -0.123. The summed E-state index contributed by atoms with van der Waals surface area (Å²) in [6.45, 7) is 1.62. The van der Waals surface area contributed by atoms with E-state index in [0.717, 1.165) is 0 Å². The lowest BCUT2D eigenvalue weighted by atomic mass is 9.91. The summed E-state index contributed by atoms with van der Waals surface area (Å²) in [5, 5.41) is 0. The fraction of sp³-hybridized carbons (Fsp3) is 0.857. The molecule has 4 nitrogen and oxygen atoms in total. The lowest BCUT2D eigenvalue weighted by Gasteiger charge is -2.31. The fourth-order valence-corrected chi connectivity index (χ4v) is 1.12. The Hall–Kier alpha value is -0.610. The zero-order chi connectivity index (χ0) is 8.27. The minimum absolute atomic E-state index is 0.172. The van der Waals surface area contributed by atoms with Crippen molar-refractivity contribution in [2.75, 3.05) is 26.9 Å². The summed E-state index contributed by atoms with van der Waals surface area (Å²) in [6.07, 6.45) is 0. The van der Waals surface area contributed by atoms with Gasteiger partial charge in [0.05, 0.1) is 26.2 Å². The fourth-order valence-electron chi connectivity index (χ4n) is 1.12. The monoisotopic (exact) mass is 159 g/mol. The second kappa shape index (κ2) is 3.69. The molecule has 1 heterocycles. The van der Waals surface area contributed by atoms with Gasteiger partial charge in [0.25, 0.3) is 0 Å². The summed E-state index contributed by atoms with van der Waals surface area (Å²) in [6, 6.07) is 0. The van der Waals surface area contributed by atoms with E-state index >= 15 is 0 Å². The summed E-state index contributed by atoms with van der Waals surface area (Å²) >= 11 is 0. The van der Waals surface area contributed by atoms with Crippen molar-refractivity contribution in [2.45, 2.75) is 0 Å². The van der Waals surface area contributed by atoms with Crippen molar-refractivity contribution < 1.29 is 14.3 Å². The van der Waals surface area contributed by atoms with Gasteiger partial charge in [0.2, 0.25) is 0 Å². The zero-order valence-electron chi connectivity index (χ0n) is 6.58. The van der Waals surface area contributed by atoms with Gasteiger partial charge in [-0.2, -0.15) is 0 Å². The predicted molar refractivity (Wildman–Crippen MR) is 38.9 cm³/mol. The Morgan fingerprint density at radius 3 is 2.73 bits per heavy atom. The highest BCUT2D eigenvalue weighted by Gasteiger charge is 2.33. The van der Waals surface area contributed by atoms with Gasteiger partial charge >= 0.3 is 5.97 Å². The lowest BCUT2D eigenvalue weighted by molar-refractivity contribution is -0.154. The second-order valence-corrected chi connectivity index (χ2v) is 2.66. The van der Waals surface area contributed by atoms with Crippen LogP contribution in [0.5, 0.6) is 0 Å². The number of carbonyl (C=O) groups excluding carboxylic acids is 1. The third-order valence-electron chi connectivity index (χ3n) is 1.99. The Morgan fingerprint density at radius 1 is 1.82 bits per heavy atom. The van der Waals surface area contributed by atoms with E-state index in [1.165, 1.54) is 7.11 Å². The van der Waals surface area contributed by atoms with Gasteiger partial charge in [-0.15, -0.1) is 0 Å². The number of rotatable bonds is 3. The first-order valence-corrected chi connectivity index (χ1v) is 3.65. The van der Waals surface area contributed by atoms with Crippen LogP contribution in [0.2, 0.25) is 0 Å². The number of hydrogen-bond acceptors (Lipinski definition) is 4. The molecule has 0 amide bonds. The molecule has 1 rings (SSSR count). The SMILES string of the molecule is COC(=O)C(CN)C1COC1. The molecule has 1 unspecified atom stereocenters. The highest BCUT2D eigenvalue weighted by Crippen LogP contribution is 2.20. The number of methoxy groups -OCH3 is 1. The Balaban J connectivity index is 2.40. The molecule has 2 N–H and O–H groups in total. The van der Waals surface area contributed by atoms with Crippen LogP contribution in [0.1, 0.15) is 0 Å². The number of nitrogens with two attached hydrogens (primary N) is 1. The highest BCUT2D eigenvalue weighted by molar-refractivity contribution is 5.73. The molecule has 64 valence electrons. The molecule has 0 radical (unpaired) electrons. The van der Waals surface area contributed by atoms with Crippen LogP contribution in [0.4, 0.5) is 0 Å². The molecule has 1 aliphatic heterocycles. The topological polar surface area (TPSA) is 61.5 Å². The van der Waals surface area contributed by atoms with Crippen molar-refractivity contribution >= 4 is 5.97 Å². The Labute approximate surface area is 65.7 Å². The van der Waals surface area contributed by atoms with E-state index in [-0.39, 0.29) is 17.8 Å². The third kappa shape index (κ3) is 1.70. The maximum absolute atomic E-state index is 11.0. The summed E-state index contributed by atoms with van der Waals surface area (Å²) < 4.78 is 9.53. The molecule has 1 saturated heterocycles. The van der Waals surface area contributed by atoms with Crippen LogP contribution >= 0.6 is 0 Å². The molecular weight excluding hydrogens is 146 g/mol. The first kappa shape index (κ1) is 8.49. The van der Waals surface area contributed by atoms with E-state index in [2.05, 4.69) is 4.74 Å². The van der Waals surface area contributed by atoms with Gasteiger partial charge in [-0.25, -0.2) is 0 Å².